The Kier molecular flexibility index (Phi) is 9.56. The maximum Gasteiger partial charge on any atom is 0.417 e. The van der Waals surface area contributed by atoms with Crippen LogP contribution in [0.2, 0.25) is 0 Å². The molecule has 0 radical (unpaired) electrons. The molecule has 0 aliphatic rings. The number of rotatable bonds is 7. The Labute approximate surface area is 416 Å². The summed E-state index contributed by atoms with van der Waals surface area (Å²) < 4.78 is 51.9. The second-order valence-electron chi connectivity index (χ2n) is 18.3. The van der Waals surface area contributed by atoms with Crippen molar-refractivity contribution < 1.29 is 13.2 Å². The SMILES string of the molecule is FC(F)(F)c1ccccc1-c1ccc(-c2nc(-c3ccccc3)nc(-c3ccccc3)n2)c(-n2c3cc(-n4c5ccccc5c5ccccc54)ccc3c3ccc(-n4c5ccccc5c5ccccc54)cc32)c1. The zero-order valence-corrected chi connectivity index (χ0v) is 38.8. The molecule has 0 aliphatic carbocycles. The molecule has 0 unspecified atom stereocenters. The molecule has 0 atom stereocenters. The van der Waals surface area contributed by atoms with Gasteiger partial charge in [0.15, 0.2) is 17.5 Å². The molecule has 10 aromatic carbocycles. The number of benzene rings is 10. The summed E-state index contributed by atoms with van der Waals surface area (Å²) in [6.45, 7) is 0. The summed E-state index contributed by atoms with van der Waals surface area (Å²) in [4.78, 5) is 15.5. The largest absolute Gasteiger partial charge is 0.417 e. The number of alkyl halides is 3. The van der Waals surface area contributed by atoms with Crippen molar-refractivity contribution in [2.45, 2.75) is 6.18 Å². The lowest BCUT2D eigenvalue weighted by molar-refractivity contribution is -0.137. The molecule has 0 spiro atoms. The summed E-state index contributed by atoms with van der Waals surface area (Å²) >= 11 is 0. The molecule has 0 amide bonds. The topological polar surface area (TPSA) is 53.5 Å². The summed E-state index contributed by atoms with van der Waals surface area (Å²) in [6.07, 6.45) is -4.61. The number of halogens is 3. The Bertz CT molecular complexity index is 4160. The number of para-hydroxylation sites is 4. The fourth-order valence-corrected chi connectivity index (χ4v) is 10.9. The van der Waals surface area contributed by atoms with Gasteiger partial charge in [0.05, 0.1) is 44.4 Å². The van der Waals surface area contributed by atoms with E-state index in [1.165, 1.54) is 12.1 Å². The second kappa shape index (κ2) is 16.5. The van der Waals surface area contributed by atoms with Gasteiger partial charge in [0, 0.05) is 60.4 Å². The van der Waals surface area contributed by atoms with Crippen LogP contribution in [0.3, 0.4) is 0 Å². The summed E-state index contributed by atoms with van der Waals surface area (Å²) in [5.41, 5.74) is 10.3. The first-order valence-corrected chi connectivity index (χ1v) is 24.1. The number of hydrogen-bond acceptors (Lipinski definition) is 3. The highest BCUT2D eigenvalue weighted by atomic mass is 19.4. The van der Waals surface area contributed by atoms with Gasteiger partial charge < -0.3 is 13.7 Å². The highest BCUT2D eigenvalue weighted by Crippen LogP contribution is 2.44. The van der Waals surface area contributed by atoms with Gasteiger partial charge in [0.2, 0.25) is 0 Å². The normalized spacial score (nSPS) is 12.0. The molecule has 14 rings (SSSR count). The van der Waals surface area contributed by atoms with Crippen molar-refractivity contribution in [1.29, 1.82) is 0 Å². The lowest BCUT2D eigenvalue weighted by atomic mass is 9.97. The third-order valence-corrected chi connectivity index (χ3v) is 14.1. The van der Waals surface area contributed by atoms with Crippen molar-refractivity contribution in [3.8, 4) is 62.4 Å². The van der Waals surface area contributed by atoms with Crippen LogP contribution in [0, 0.1) is 0 Å². The van der Waals surface area contributed by atoms with Gasteiger partial charge in [-0.05, 0) is 77.9 Å². The van der Waals surface area contributed by atoms with Gasteiger partial charge >= 0.3 is 6.18 Å². The molecule has 0 N–H and O–H groups in total. The second-order valence-corrected chi connectivity index (χ2v) is 18.3. The zero-order valence-electron chi connectivity index (χ0n) is 38.8. The number of hydrogen-bond donors (Lipinski definition) is 0. The number of nitrogens with zero attached hydrogens (tertiary/aromatic N) is 6. The molecule has 4 heterocycles. The van der Waals surface area contributed by atoms with Crippen LogP contribution in [0.15, 0.2) is 237 Å². The van der Waals surface area contributed by atoms with Gasteiger partial charge in [-0.1, -0.05) is 170 Å². The van der Waals surface area contributed by atoms with Crippen molar-refractivity contribution in [3.05, 3.63) is 242 Å². The molecule has 6 nitrogen and oxygen atoms in total. The summed E-state index contributed by atoms with van der Waals surface area (Å²) in [5, 5.41) is 6.45. The number of aromatic nitrogens is 6. The van der Waals surface area contributed by atoms with Gasteiger partial charge in [-0.25, -0.2) is 15.0 Å². The lowest BCUT2D eigenvalue weighted by Gasteiger charge is -2.19. The fourth-order valence-electron chi connectivity index (χ4n) is 10.9. The Hall–Kier alpha value is -9.60. The van der Waals surface area contributed by atoms with Crippen molar-refractivity contribution >= 4 is 65.4 Å². The average Bonchev–Trinajstić information content (AvgIpc) is 4.08. The highest BCUT2D eigenvalue weighted by Gasteiger charge is 2.34. The molecule has 14 aromatic rings. The maximum atomic E-state index is 15.0. The van der Waals surface area contributed by atoms with Gasteiger partial charge in [0.25, 0.3) is 0 Å². The van der Waals surface area contributed by atoms with Crippen LogP contribution in [0.25, 0.3) is 128 Å². The van der Waals surface area contributed by atoms with Crippen LogP contribution in [-0.2, 0) is 6.18 Å². The Balaban J connectivity index is 1.13. The molecule has 4 aromatic heterocycles. The predicted molar refractivity (Wildman–Crippen MR) is 290 cm³/mol. The first-order chi connectivity index (χ1) is 35.9. The summed E-state index contributed by atoms with van der Waals surface area (Å²) in [7, 11) is 0. The lowest BCUT2D eigenvalue weighted by Crippen LogP contribution is -2.08. The van der Waals surface area contributed by atoms with Crippen LogP contribution >= 0.6 is 0 Å². The molecule has 0 aliphatic heterocycles. The van der Waals surface area contributed by atoms with E-state index in [0.29, 0.717) is 34.3 Å². The molecule has 346 valence electrons. The van der Waals surface area contributed by atoms with E-state index in [-0.39, 0.29) is 5.56 Å². The van der Waals surface area contributed by atoms with E-state index in [9.17, 15) is 0 Å². The van der Waals surface area contributed by atoms with Crippen LogP contribution < -0.4 is 0 Å². The molecule has 0 saturated carbocycles. The molecule has 0 fully saturated rings. The monoisotopic (exact) mass is 948 g/mol. The van der Waals surface area contributed by atoms with Crippen molar-refractivity contribution in [3.63, 3.8) is 0 Å². The third-order valence-electron chi connectivity index (χ3n) is 14.1. The Morgan fingerprint density at radius 3 is 1.15 bits per heavy atom. The summed E-state index contributed by atoms with van der Waals surface area (Å²) in [6, 6.07) is 77.5. The minimum atomic E-state index is -4.61. The molecular weight excluding hydrogens is 910 g/mol. The first-order valence-electron chi connectivity index (χ1n) is 24.1. The first kappa shape index (κ1) is 42.3. The maximum absolute atomic E-state index is 15.0. The van der Waals surface area contributed by atoms with E-state index in [0.717, 1.165) is 94.0 Å². The number of fused-ring (bicyclic) bond motifs is 9. The van der Waals surface area contributed by atoms with E-state index in [4.69, 9.17) is 15.0 Å². The van der Waals surface area contributed by atoms with Gasteiger partial charge in [-0.2, -0.15) is 13.2 Å². The molecule has 9 heteroatoms. The molecule has 0 bridgehead atoms. The highest BCUT2D eigenvalue weighted by molar-refractivity contribution is 6.14. The minimum Gasteiger partial charge on any atom is -0.309 e. The zero-order chi connectivity index (χ0) is 48.8. The van der Waals surface area contributed by atoms with Gasteiger partial charge in [-0.15, -0.1) is 0 Å². The van der Waals surface area contributed by atoms with Crippen LogP contribution in [-0.4, -0.2) is 28.7 Å². The van der Waals surface area contributed by atoms with Crippen molar-refractivity contribution in [2.24, 2.45) is 0 Å². The standard InChI is InChI=1S/C64H39F3N6/c65-64(66,67)53-26-12-7-21-45(53)42-31-34-52(63-69-61(40-17-3-1-4-18-40)68-62(70-63)41-19-5-2-6-20-41)58(37-42)73-59-38-43(71-54-27-13-8-22-46(54)47-23-9-14-28-55(47)71)32-35-50(59)51-36-33-44(39-60(51)73)72-56-29-15-10-24-48(56)49-25-11-16-30-57(49)72/h1-39H. The van der Waals surface area contributed by atoms with Gasteiger partial charge in [0.1, 0.15) is 0 Å². The van der Waals surface area contributed by atoms with E-state index in [1.807, 2.05) is 72.8 Å². The van der Waals surface area contributed by atoms with Crippen LogP contribution in [0.5, 0.6) is 0 Å². The van der Waals surface area contributed by atoms with E-state index in [1.54, 1.807) is 12.1 Å². The van der Waals surface area contributed by atoms with Crippen molar-refractivity contribution in [1.82, 2.24) is 28.7 Å². The molecule has 73 heavy (non-hydrogen) atoms. The van der Waals surface area contributed by atoms with Crippen molar-refractivity contribution in [2.75, 3.05) is 0 Å². The quantitative estimate of drug-likeness (QED) is 0.160. The van der Waals surface area contributed by atoms with E-state index in [2.05, 4.69) is 147 Å². The van der Waals surface area contributed by atoms with Crippen LogP contribution in [0.4, 0.5) is 13.2 Å². The smallest absolute Gasteiger partial charge is 0.309 e. The Morgan fingerprint density at radius 2 is 0.685 bits per heavy atom. The molecular formula is C64H39F3N6. The van der Waals surface area contributed by atoms with Gasteiger partial charge in [-0.3, -0.25) is 0 Å². The molecule has 0 saturated heterocycles. The summed E-state index contributed by atoms with van der Waals surface area (Å²) in [5.74, 6) is 1.29. The van der Waals surface area contributed by atoms with E-state index < -0.39 is 11.7 Å². The Morgan fingerprint density at radius 1 is 0.288 bits per heavy atom. The average molecular weight is 949 g/mol. The third kappa shape index (κ3) is 6.84. The van der Waals surface area contributed by atoms with Crippen LogP contribution in [0.1, 0.15) is 5.56 Å². The van der Waals surface area contributed by atoms with E-state index >= 15 is 13.2 Å². The minimum absolute atomic E-state index is 0.0612. The fraction of sp³-hybridized carbons (Fsp3) is 0.0156. The predicted octanol–water partition coefficient (Wildman–Crippen LogP) is 16.8.